The van der Waals surface area contributed by atoms with Crippen molar-refractivity contribution in [2.24, 2.45) is 4.99 Å². The average Bonchev–Trinajstić information content (AvgIpc) is 2.39. The third-order valence-electron chi connectivity index (χ3n) is 2.88. The average molecular weight is 306 g/mol. The van der Waals surface area contributed by atoms with Crippen molar-refractivity contribution in [3.8, 4) is 0 Å². The molecule has 3 rings (SSSR count). The van der Waals surface area contributed by atoms with Gasteiger partial charge < -0.3 is 4.99 Å². The van der Waals surface area contributed by atoms with Crippen molar-refractivity contribution in [2.45, 2.75) is 6.92 Å². The van der Waals surface area contributed by atoms with E-state index in [4.69, 9.17) is 0 Å². The van der Waals surface area contributed by atoms with Crippen molar-refractivity contribution in [3.05, 3.63) is 54.6 Å². The van der Waals surface area contributed by atoms with E-state index >= 15 is 0 Å². The first-order valence-electron chi connectivity index (χ1n) is 5.60. The van der Waals surface area contributed by atoms with E-state index in [1.54, 1.807) is 6.92 Å². The summed E-state index contributed by atoms with van der Waals surface area (Å²) < 4.78 is 0. The number of fused-ring (bicyclic) bond motifs is 3. The maximum Gasteiger partial charge on any atom is 0 e. The van der Waals surface area contributed by atoms with Crippen LogP contribution in [0.15, 0.2) is 53.5 Å². The summed E-state index contributed by atoms with van der Waals surface area (Å²) in [5.74, 6) is 0. The van der Waals surface area contributed by atoms with Crippen molar-refractivity contribution in [2.75, 3.05) is 0 Å². The smallest absolute Gasteiger partial charge is 0 e. The van der Waals surface area contributed by atoms with Gasteiger partial charge in [-0.2, -0.15) is 22.7 Å². The van der Waals surface area contributed by atoms with Gasteiger partial charge in [0.05, 0.1) is 0 Å². The molecule has 0 aliphatic heterocycles. The number of benzene rings is 3. The van der Waals surface area contributed by atoms with Crippen LogP contribution >= 0.6 is 0 Å². The predicted octanol–water partition coefficient (Wildman–Crippen LogP) is 4.39. The SMILES string of the molecule is C[C-]=Nc1[c-]c2ccccc2c2ccccc12.[Y]. The fourth-order valence-corrected chi connectivity index (χ4v) is 2.15. The molecule has 1 radical (unpaired) electrons. The number of aliphatic imine (C=N–C) groups is 1. The molecule has 0 aliphatic rings. The number of hydrogen-bond donors (Lipinski definition) is 0. The fourth-order valence-electron chi connectivity index (χ4n) is 2.15. The molecule has 2 heteroatoms. The first-order valence-corrected chi connectivity index (χ1v) is 5.60. The molecule has 0 aliphatic carbocycles. The van der Waals surface area contributed by atoms with E-state index in [0.29, 0.717) is 0 Å². The molecule has 0 amide bonds. The number of nitrogens with zero attached hydrogens (tertiary/aromatic N) is 1. The second kappa shape index (κ2) is 5.73. The number of rotatable bonds is 1. The van der Waals surface area contributed by atoms with Gasteiger partial charge in [0.1, 0.15) is 0 Å². The van der Waals surface area contributed by atoms with Crippen LogP contribution in [-0.4, -0.2) is 6.21 Å². The summed E-state index contributed by atoms with van der Waals surface area (Å²) in [6.07, 6.45) is 2.83. The van der Waals surface area contributed by atoms with E-state index in [0.717, 1.165) is 16.5 Å². The van der Waals surface area contributed by atoms with Crippen LogP contribution in [0.2, 0.25) is 0 Å². The van der Waals surface area contributed by atoms with Crippen LogP contribution < -0.4 is 0 Å². The Morgan fingerprint density at radius 3 is 2.22 bits per heavy atom. The van der Waals surface area contributed by atoms with E-state index in [2.05, 4.69) is 53.7 Å². The summed E-state index contributed by atoms with van der Waals surface area (Å²) in [5, 5.41) is 4.66. The van der Waals surface area contributed by atoms with Gasteiger partial charge in [-0.3, -0.25) is 0 Å². The Morgan fingerprint density at radius 2 is 1.50 bits per heavy atom. The van der Waals surface area contributed by atoms with Gasteiger partial charge in [0.15, 0.2) is 0 Å². The zero-order valence-corrected chi connectivity index (χ0v) is 13.0. The molecular formula is C16H11NY-2. The molecule has 0 bridgehead atoms. The van der Waals surface area contributed by atoms with E-state index in [-0.39, 0.29) is 32.7 Å². The minimum absolute atomic E-state index is 0. The van der Waals surface area contributed by atoms with E-state index in [1.165, 1.54) is 10.8 Å². The first kappa shape index (κ1) is 13.4. The largest absolute Gasteiger partial charge is 0.475 e. The van der Waals surface area contributed by atoms with Crippen molar-refractivity contribution < 1.29 is 32.7 Å². The van der Waals surface area contributed by atoms with Crippen molar-refractivity contribution in [3.63, 3.8) is 0 Å². The maximum absolute atomic E-state index is 4.28. The van der Waals surface area contributed by atoms with Crippen LogP contribution in [0.5, 0.6) is 0 Å². The third kappa shape index (κ3) is 2.25. The molecule has 0 saturated carbocycles. The second-order valence-corrected chi connectivity index (χ2v) is 3.90. The summed E-state index contributed by atoms with van der Waals surface area (Å²) in [6.45, 7) is 1.80. The van der Waals surface area contributed by atoms with Crippen molar-refractivity contribution in [1.82, 2.24) is 0 Å². The maximum atomic E-state index is 4.28. The molecule has 1 nitrogen and oxygen atoms in total. The summed E-state index contributed by atoms with van der Waals surface area (Å²) in [6, 6.07) is 19.9. The Bertz CT molecular complexity index is 716. The normalized spacial score (nSPS) is 10.9. The Kier molecular flexibility index (Phi) is 4.26. The van der Waals surface area contributed by atoms with Gasteiger partial charge in [-0.1, -0.05) is 30.3 Å². The molecule has 0 spiro atoms. The Labute approximate surface area is 132 Å². The van der Waals surface area contributed by atoms with E-state index in [1.807, 2.05) is 12.1 Å². The summed E-state index contributed by atoms with van der Waals surface area (Å²) in [7, 11) is 0. The molecule has 85 valence electrons. The Hall–Kier alpha value is -1.05. The Morgan fingerprint density at radius 1 is 0.889 bits per heavy atom. The number of hydrogen-bond acceptors (Lipinski definition) is 1. The monoisotopic (exact) mass is 306 g/mol. The molecule has 0 N–H and O–H groups in total. The summed E-state index contributed by atoms with van der Waals surface area (Å²) in [5.41, 5.74) is 0.863. The first-order chi connectivity index (χ1) is 8.40. The van der Waals surface area contributed by atoms with Gasteiger partial charge in [0.25, 0.3) is 0 Å². The molecule has 3 aromatic rings. The van der Waals surface area contributed by atoms with Crippen molar-refractivity contribution in [1.29, 1.82) is 0 Å². The second-order valence-electron chi connectivity index (χ2n) is 3.90. The van der Waals surface area contributed by atoms with Gasteiger partial charge in [-0.15, -0.1) is 35.9 Å². The van der Waals surface area contributed by atoms with E-state index in [9.17, 15) is 0 Å². The van der Waals surface area contributed by atoms with Gasteiger partial charge >= 0.3 is 0 Å². The van der Waals surface area contributed by atoms with Crippen LogP contribution in [0.3, 0.4) is 0 Å². The summed E-state index contributed by atoms with van der Waals surface area (Å²) >= 11 is 0. The van der Waals surface area contributed by atoms with Crippen molar-refractivity contribution >= 4 is 33.4 Å². The van der Waals surface area contributed by atoms with Crippen LogP contribution in [0.25, 0.3) is 21.5 Å². The molecule has 0 saturated heterocycles. The molecule has 18 heavy (non-hydrogen) atoms. The summed E-state index contributed by atoms with van der Waals surface area (Å²) in [4.78, 5) is 4.28. The molecule has 0 unspecified atom stereocenters. The van der Waals surface area contributed by atoms with Gasteiger partial charge in [-0.25, -0.2) is 6.07 Å². The zero-order valence-electron chi connectivity index (χ0n) is 10.1. The quantitative estimate of drug-likeness (QED) is 0.359. The molecular weight excluding hydrogens is 295 g/mol. The topological polar surface area (TPSA) is 12.4 Å². The van der Waals surface area contributed by atoms with Crippen LogP contribution in [0.4, 0.5) is 5.69 Å². The zero-order chi connectivity index (χ0) is 11.7. The van der Waals surface area contributed by atoms with Crippen LogP contribution in [-0.2, 0) is 32.7 Å². The van der Waals surface area contributed by atoms with Crippen LogP contribution in [0.1, 0.15) is 6.92 Å². The van der Waals surface area contributed by atoms with Gasteiger partial charge in [0.2, 0.25) is 0 Å². The molecule has 0 atom stereocenters. The third-order valence-corrected chi connectivity index (χ3v) is 2.88. The minimum Gasteiger partial charge on any atom is -0.475 e. The molecule has 3 aromatic carbocycles. The fraction of sp³-hybridized carbons (Fsp3) is 0.0625. The van der Waals surface area contributed by atoms with Gasteiger partial charge in [0, 0.05) is 32.7 Å². The predicted molar refractivity (Wildman–Crippen MR) is 73.1 cm³/mol. The molecule has 0 aromatic heterocycles. The molecule has 0 heterocycles. The van der Waals surface area contributed by atoms with Crippen LogP contribution in [0, 0.1) is 6.07 Å². The molecule has 0 fully saturated rings. The standard InChI is InChI=1S/C16H11N.Y/c1-2-17-16-11-12-7-3-4-8-13(12)14-9-5-6-10-15(14)16;/h3-10H,1H3;/q-2;. The Balaban J connectivity index is 0.00000120. The minimum atomic E-state index is 0. The van der Waals surface area contributed by atoms with Gasteiger partial charge in [-0.05, 0) is 0 Å². The van der Waals surface area contributed by atoms with E-state index < -0.39 is 0 Å².